The lowest BCUT2D eigenvalue weighted by molar-refractivity contribution is -0.123. The lowest BCUT2D eigenvalue weighted by Crippen LogP contribution is -2.36. The molecule has 0 unspecified atom stereocenters. The van der Waals surface area contributed by atoms with Crippen molar-refractivity contribution >= 4 is 35.8 Å². The number of hydrogen-bond acceptors (Lipinski definition) is 4. The van der Waals surface area contributed by atoms with Crippen LogP contribution in [0.5, 0.6) is 11.5 Å². The van der Waals surface area contributed by atoms with Crippen LogP contribution in [-0.2, 0) is 11.3 Å². The van der Waals surface area contributed by atoms with Crippen LogP contribution in [0.25, 0.3) is 0 Å². The van der Waals surface area contributed by atoms with Crippen molar-refractivity contribution in [1.82, 2.24) is 16.0 Å². The predicted molar refractivity (Wildman–Crippen MR) is 111 cm³/mol. The molecule has 0 spiro atoms. The van der Waals surface area contributed by atoms with E-state index in [0.29, 0.717) is 24.6 Å². The Morgan fingerprint density at radius 3 is 2.24 bits per heavy atom. The Morgan fingerprint density at radius 1 is 1.04 bits per heavy atom. The van der Waals surface area contributed by atoms with Gasteiger partial charge in [-0.3, -0.25) is 4.79 Å². The minimum Gasteiger partial charge on any atom is -0.493 e. The zero-order valence-corrected chi connectivity index (χ0v) is 17.7. The molecule has 0 saturated carbocycles. The Bertz CT molecular complexity index is 545. The van der Waals surface area contributed by atoms with Crippen LogP contribution in [0, 0.1) is 0 Å². The van der Waals surface area contributed by atoms with E-state index in [9.17, 15) is 4.79 Å². The Hall–Kier alpha value is -1.71. The summed E-state index contributed by atoms with van der Waals surface area (Å²) in [7, 11) is 1.57. The largest absolute Gasteiger partial charge is 0.493 e. The second-order valence-corrected chi connectivity index (χ2v) is 4.95. The average molecular weight is 464 g/mol. The van der Waals surface area contributed by atoms with Gasteiger partial charge in [0, 0.05) is 19.6 Å². The van der Waals surface area contributed by atoms with E-state index in [0.717, 1.165) is 24.6 Å². The molecule has 1 aromatic carbocycles. The number of amides is 1. The van der Waals surface area contributed by atoms with E-state index in [-0.39, 0.29) is 36.5 Å². The van der Waals surface area contributed by atoms with Gasteiger partial charge in [-0.15, -0.1) is 24.0 Å². The van der Waals surface area contributed by atoms with Crippen molar-refractivity contribution in [2.75, 3.05) is 33.4 Å². The number of halogens is 1. The third-order valence-electron chi connectivity index (χ3n) is 3.07. The van der Waals surface area contributed by atoms with Crippen LogP contribution in [-0.4, -0.2) is 45.2 Å². The summed E-state index contributed by atoms with van der Waals surface area (Å²) in [5.41, 5.74) is 0.991. The molecule has 142 valence electrons. The van der Waals surface area contributed by atoms with E-state index in [1.807, 2.05) is 32.9 Å². The molecule has 8 heteroatoms. The molecule has 25 heavy (non-hydrogen) atoms. The zero-order valence-electron chi connectivity index (χ0n) is 15.3. The van der Waals surface area contributed by atoms with Crippen molar-refractivity contribution in [1.29, 1.82) is 0 Å². The summed E-state index contributed by atoms with van der Waals surface area (Å²) in [5, 5.41) is 9.04. The van der Waals surface area contributed by atoms with Crippen LogP contribution in [0.2, 0.25) is 0 Å². The Morgan fingerprint density at radius 2 is 1.68 bits per heavy atom. The number of carbonyl (C=O) groups is 1. The molecule has 0 fully saturated rings. The minimum absolute atomic E-state index is 0. The molecule has 0 atom stereocenters. The number of likely N-dealkylation sites (N-methyl/N-ethyl adjacent to an activating group) is 1. The third-order valence-corrected chi connectivity index (χ3v) is 3.07. The molecular weight excluding hydrogens is 435 g/mol. The average Bonchev–Trinajstić information content (AvgIpc) is 2.58. The fourth-order valence-electron chi connectivity index (χ4n) is 2.00. The molecule has 0 aliphatic heterocycles. The maximum Gasteiger partial charge on any atom is 0.257 e. The number of ether oxygens (including phenoxy) is 2. The summed E-state index contributed by atoms with van der Waals surface area (Å²) in [6.45, 7) is 8.59. The topological polar surface area (TPSA) is 84.0 Å². The number of nitrogens with zero attached hydrogens (tertiary/aromatic N) is 1. The van der Waals surface area contributed by atoms with E-state index in [4.69, 9.17) is 9.47 Å². The summed E-state index contributed by atoms with van der Waals surface area (Å²) >= 11 is 0. The molecule has 1 rings (SSSR count). The molecule has 0 heterocycles. The first-order chi connectivity index (χ1) is 11.6. The Kier molecular flexibility index (Phi) is 12.6. The number of aliphatic imine (C=N–C) groups is 1. The highest BCUT2D eigenvalue weighted by molar-refractivity contribution is 14.0. The van der Waals surface area contributed by atoms with Gasteiger partial charge in [0.2, 0.25) is 0 Å². The monoisotopic (exact) mass is 464 g/mol. The highest BCUT2D eigenvalue weighted by Crippen LogP contribution is 2.28. The number of hydrogen-bond donors (Lipinski definition) is 3. The van der Waals surface area contributed by atoms with Crippen molar-refractivity contribution in [2.45, 2.75) is 27.3 Å². The zero-order chi connectivity index (χ0) is 17.8. The molecule has 7 nitrogen and oxygen atoms in total. The molecule has 0 aromatic heterocycles. The van der Waals surface area contributed by atoms with Gasteiger partial charge in [0.05, 0.1) is 13.7 Å². The van der Waals surface area contributed by atoms with Gasteiger partial charge in [0.15, 0.2) is 24.1 Å². The van der Waals surface area contributed by atoms with Gasteiger partial charge >= 0.3 is 0 Å². The van der Waals surface area contributed by atoms with Crippen LogP contribution >= 0.6 is 24.0 Å². The second-order valence-electron chi connectivity index (χ2n) is 4.95. The molecule has 1 aromatic rings. The van der Waals surface area contributed by atoms with Gasteiger partial charge in [0.25, 0.3) is 5.91 Å². The number of rotatable bonds is 9. The Labute approximate surface area is 167 Å². The standard InChI is InChI=1S/C17H28N4O3.HI/c1-5-18-16(22)12-24-14-9-8-13(10-15(14)23-4)11-21-17(19-6-2)20-7-3;/h8-10H,5-7,11-12H2,1-4H3,(H,18,22)(H2,19,20,21);1H. The van der Waals surface area contributed by atoms with Gasteiger partial charge in [-0.25, -0.2) is 4.99 Å². The smallest absolute Gasteiger partial charge is 0.257 e. The lowest BCUT2D eigenvalue weighted by Gasteiger charge is -2.12. The van der Waals surface area contributed by atoms with Crippen LogP contribution < -0.4 is 25.4 Å². The van der Waals surface area contributed by atoms with Crippen LogP contribution in [0.3, 0.4) is 0 Å². The molecular formula is C17H29IN4O3. The quantitative estimate of drug-likeness (QED) is 0.296. The lowest BCUT2D eigenvalue weighted by atomic mass is 10.2. The Balaban J connectivity index is 0.00000576. The number of methoxy groups -OCH3 is 1. The molecule has 0 radical (unpaired) electrons. The number of nitrogens with one attached hydrogen (secondary N) is 3. The second kappa shape index (κ2) is 13.6. The maximum absolute atomic E-state index is 11.5. The van der Waals surface area contributed by atoms with E-state index in [1.165, 1.54) is 0 Å². The van der Waals surface area contributed by atoms with Crippen molar-refractivity contribution in [3.63, 3.8) is 0 Å². The summed E-state index contributed by atoms with van der Waals surface area (Å²) < 4.78 is 10.8. The van der Waals surface area contributed by atoms with Gasteiger partial charge < -0.3 is 25.4 Å². The number of carbonyl (C=O) groups excluding carboxylic acids is 1. The van der Waals surface area contributed by atoms with Crippen LogP contribution in [0.1, 0.15) is 26.3 Å². The molecule has 0 bridgehead atoms. The molecule has 0 saturated heterocycles. The highest BCUT2D eigenvalue weighted by Gasteiger charge is 2.08. The van der Waals surface area contributed by atoms with E-state index < -0.39 is 0 Å². The van der Waals surface area contributed by atoms with Gasteiger partial charge in [-0.1, -0.05) is 6.07 Å². The van der Waals surface area contributed by atoms with E-state index in [2.05, 4.69) is 20.9 Å². The van der Waals surface area contributed by atoms with E-state index >= 15 is 0 Å². The van der Waals surface area contributed by atoms with Crippen molar-refractivity contribution in [3.8, 4) is 11.5 Å². The van der Waals surface area contributed by atoms with Crippen molar-refractivity contribution in [3.05, 3.63) is 23.8 Å². The first-order valence-electron chi connectivity index (χ1n) is 8.23. The fourth-order valence-corrected chi connectivity index (χ4v) is 2.00. The molecule has 1 amide bonds. The van der Waals surface area contributed by atoms with Crippen LogP contribution in [0.4, 0.5) is 0 Å². The van der Waals surface area contributed by atoms with Crippen molar-refractivity contribution in [2.24, 2.45) is 4.99 Å². The summed E-state index contributed by atoms with van der Waals surface area (Å²) in [6, 6.07) is 5.57. The summed E-state index contributed by atoms with van der Waals surface area (Å²) in [6.07, 6.45) is 0. The van der Waals surface area contributed by atoms with Gasteiger partial charge in [-0.2, -0.15) is 0 Å². The predicted octanol–water partition coefficient (Wildman–Crippen LogP) is 1.90. The molecule has 3 N–H and O–H groups in total. The first kappa shape index (κ1) is 23.3. The first-order valence-corrected chi connectivity index (χ1v) is 8.23. The van der Waals surface area contributed by atoms with Gasteiger partial charge in [-0.05, 0) is 38.5 Å². The van der Waals surface area contributed by atoms with Gasteiger partial charge in [0.1, 0.15) is 0 Å². The highest BCUT2D eigenvalue weighted by atomic mass is 127. The number of benzene rings is 1. The minimum atomic E-state index is -0.158. The molecule has 0 aliphatic carbocycles. The van der Waals surface area contributed by atoms with Crippen molar-refractivity contribution < 1.29 is 14.3 Å². The SMILES string of the molecule is CCNC(=O)COc1ccc(CN=C(NCC)NCC)cc1OC.I. The number of guanidine groups is 1. The fraction of sp³-hybridized carbons (Fsp3) is 0.529. The summed E-state index contributed by atoms with van der Waals surface area (Å²) in [4.78, 5) is 16.0. The normalized spacial score (nSPS) is 9.44. The summed E-state index contributed by atoms with van der Waals surface area (Å²) in [5.74, 6) is 1.74. The van der Waals surface area contributed by atoms with E-state index in [1.54, 1.807) is 13.2 Å². The third kappa shape index (κ3) is 8.80. The molecule has 0 aliphatic rings. The van der Waals surface area contributed by atoms with Crippen LogP contribution in [0.15, 0.2) is 23.2 Å². The maximum atomic E-state index is 11.5.